The molecule has 0 saturated heterocycles. The van der Waals surface area contributed by atoms with Gasteiger partial charge in [-0.15, -0.1) is 0 Å². The molecular formula is C22H27NO5. The van der Waals surface area contributed by atoms with Crippen molar-refractivity contribution in [3.63, 3.8) is 0 Å². The largest absolute Gasteiger partial charge is 0.504 e. The first-order valence-electron chi connectivity index (χ1n) is 9.53. The number of aromatic hydroxyl groups is 1. The molecule has 1 unspecified atom stereocenters. The third kappa shape index (κ3) is 3.55. The van der Waals surface area contributed by atoms with E-state index in [0.29, 0.717) is 35.4 Å². The molecule has 1 N–H and O–H groups in total. The lowest BCUT2D eigenvalue weighted by molar-refractivity contribution is -0.146. The molecule has 0 radical (unpaired) electrons. The maximum absolute atomic E-state index is 13.1. The summed E-state index contributed by atoms with van der Waals surface area (Å²) in [6.07, 6.45) is 1.06. The molecule has 1 aromatic carbocycles. The van der Waals surface area contributed by atoms with Crippen LogP contribution in [0, 0.1) is 11.3 Å². The molecule has 0 spiro atoms. The number of allylic oxidation sites excluding steroid dienone is 2. The van der Waals surface area contributed by atoms with Crippen molar-refractivity contribution in [1.29, 1.82) is 0 Å². The standard InChI is InChI=1S/C22H27NO5/c1-6-28-21(26)18-12(2)23-14-10-22(3,4)11-16(25)20(14)19(18)13-7-8-17(27-5)15(24)9-13/h7-9,18-19,24H,6,10-11H2,1-5H3/t18?,19-/m0/s1. The Kier molecular flexibility index (Phi) is 5.33. The maximum atomic E-state index is 13.1. The lowest BCUT2D eigenvalue weighted by atomic mass is 9.67. The van der Waals surface area contributed by atoms with Crippen LogP contribution in [0.3, 0.4) is 0 Å². The average Bonchev–Trinajstić information content (AvgIpc) is 2.59. The number of benzene rings is 1. The summed E-state index contributed by atoms with van der Waals surface area (Å²) >= 11 is 0. The monoisotopic (exact) mass is 385 g/mol. The van der Waals surface area contributed by atoms with Crippen molar-refractivity contribution in [2.24, 2.45) is 16.3 Å². The highest BCUT2D eigenvalue weighted by molar-refractivity contribution is 6.09. The third-order valence-corrected chi connectivity index (χ3v) is 5.40. The van der Waals surface area contributed by atoms with Gasteiger partial charge < -0.3 is 14.6 Å². The zero-order valence-electron chi connectivity index (χ0n) is 17.0. The Morgan fingerprint density at radius 2 is 2.04 bits per heavy atom. The van der Waals surface area contributed by atoms with Gasteiger partial charge in [-0.2, -0.15) is 0 Å². The van der Waals surface area contributed by atoms with Crippen LogP contribution in [0.1, 0.15) is 52.0 Å². The topological polar surface area (TPSA) is 85.2 Å². The minimum Gasteiger partial charge on any atom is -0.504 e. The molecule has 0 amide bonds. The minimum atomic E-state index is -0.698. The third-order valence-electron chi connectivity index (χ3n) is 5.40. The van der Waals surface area contributed by atoms with Gasteiger partial charge in [-0.05, 0) is 43.4 Å². The number of hydrogen-bond acceptors (Lipinski definition) is 6. The van der Waals surface area contributed by atoms with Crippen molar-refractivity contribution in [3.8, 4) is 11.5 Å². The van der Waals surface area contributed by atoms with Gasteiger partial charge in [0, 0.05) is 29.3 Å². The molecule has 0 fully saturated rings. The van der Waals surface area contributed by atoms with Gasteiger partial charge >= 0.3 is 5.97 Å². The highest BCUT2D eigenvalue weighted by atomic mass is 16.5. The van der Waals surface area contributed by atoms with Gasteiger partial charge in [0.05, 0.1) is 13.7 Å². The van der Waals surface area contributed by atoms with Crippen LogP contribution in [0.2, 0.25) is 0 Å². The molecule has 3 rings (SSSR count). The smallest absolute Gasteiger partial charge is 0.315 e. The fourth-order valence-electron chi connectivity index (χ4n) is 4.24. The van der Waals surface area contributed by atoms with Gasteiger partial charge in [-0.3, -0.25) is 14.6 Å². The zero-order valence-corrected chi connectivity index (χ0v) is 17.0. The van der Waals surface area contributed by atoms with Crippen LogP contribution in [0.15, 0.2) is 34.5 Å². The molecule has 0 saturated carbocycles. The van der Waals surface area contributed by atoms with E-state index in [2.05, 4.69) is 4.99 Å². The second kappa shape index (κ2) is 7.41. The summed E-state index contributed by atoms with van der Waals surface area (Å²) in [6.45, 7) is 7.89. The number of Topliss-reactive ketones (excluding diaryl/α,β-unsaturated/α-hetero) is 1. The van der Waals surface area contributed by atoms with E-state index in [4.69, 9.17) is 9.47 Å². The SMILES string of the molecule is CCOC(=O)C1C(C)=NC2=C(C(=O)CC(C)(C)C2)[C@H]1c1ccc(OC)c(O)c1. The van der Waals surface area contributed by atoms with Gasteiger partial charge in [-0.25, -0.2) is 0 Å². The maximum Gasteiger partial charge on any atom is 0.315 e. The molecule has 6 nitrogen and oxygen atoms in total. The number of rotatable bonds is 4. The Balaban J connectivity index is 2.18. The number of carbonyl (C=O) groups excluding carboxylic acids is 2. The molecule has 1 aliphatic carbocycles. The van der Waals surface area contributed by atoms with E-state index >= 15 is 0 Å². The Morgan fingerprint density at radius 1 is 1.32 bits per heavy atom. The first-order chi connectivity index (χ1) is 13.2. The van der Waals surface area contributed by atoms with Gasteiger partial charge in [0.1, 0.15) is 5.92 Å². The second-order valence-electron chi connectivity index (χ2n) is 8.19. The number of methoxy groups -OCH3 is 1. The molecule has 1 aliphatic heterocycles. The van der Waals surface area contributed by atoms with E-state index in [0.717, 1.165) is 5.70 Å². The number of phenolic OH excluding ortho intramolecular Hbond substituents is 1. The second-order valence-corrected chi connectivity index (χ2v) is 8.19. The van der Waals surface area contributed by atoms with Gasteiger partial charge in [0.2, 0.25) is 0 Å². The van der Waals surface area contributed by atoms with Gasteiger partial charge in [-0.1, -0.05) is 19.9 Å². The van der Waals surface area contributed by atoms with E-state index in [-0.39, 0.29) is 23.6 Å². The van der Waals surface area contributed by atoms with Crippen LogP contribution in [0.5, 0.6) is 11.5 Å². The number of nitrogens with zero attached hydrogens (tertiary/aromatic N) is 1. The number of phenols is 1. The number of ketones is 1. The van der Waals surface area contributed by atoms with E-state index in [1.165, 1.54) is 7.11 Å². The van der Waals surface area contributed by atoms with Crippen LogP contribution >= 0.6 is 0 Å². The van der Waals surface area contributed by atoms with Crippen LogP contribution < -0.4 is 4.74 Å². The summed E-state index contributed by atoms with van der Waals surface area (Å²) in [4.78, 5) is 30.5. The quantitative estimate of drug-likeness (QED) is 0.797. The number of ether oxygens (including phenoxy) is 2. The first kappa shape index (κ1) is 20.1. The number of aliphatic imine (C=N–C) groups is 1. The summed E-state index contributed by atoms with van der Waals surface area (Å²) in [7, 11) is 1.47. The van der Waals surface area contributed by atoms with Crippen LogP contribution in [0.4, 0.5) is 0 Å². The number of esters is 1. The fourth-order valence-corrected chi connectivity index (χ4v) is 4.24. The van der Waals surface area contributed by atoms with Crippen LogP contribution in [0.25, 0.3) is 0 Å². The summed E-state index contributed by atoms with van der Waals surface area (Å²) in [5.41, 5.74) is 2.42. The molecule has 0 aromatic heterocycles. The van der Waals surface area contributed by atoms with Gasteiger partial charge in [0.15, 0.2) is 17.3 Å². The van der Waals surface area contributed by atoms with Crippen molar-refractivity contribution < 1.29 is 24.2 Å². The summed E-state index contributed by atoms with van der Waals surface area (Å²) in [6, 6.07) is 4.99. The normalized spacial score (nSPS) is 23.8. The van der Waals surface area contributed by atoms with Gasteiger partial charge in [0.25, 0.3) is 0 Å². The number of hydrogen-bond donors (Lipinski definition) is 1. The van der Waals surface area contributed by atoms with Crippen LogP contribution in [-0.2, 0) is 14.3 Å². The molecule has 6 heteroatoms. The molecule has 150 valence electrons. The van der Waals surface area contributed by atoms with Crippen molar-refractivity contribution in [3.05, 3.63) is 35.0 Å². The van der Waals surface area contributed by atoms with E-state index in [1.54, 1.807) is 32.0 Å². The van der Waals surface area contributed by atoms with E-state index < -0.39 is 17.8 Å². The zero-order chi connectivity index (χ0) is 20.6. The summed E-state index contributed by atoms with van der Waals surface area (Å²) < 4.78 is 10.4. The Labute approximate surface area is 165 Å². The lowest BCUT2D eigenvalue weighted by Crippen LogP contribution is -2.39. The lowest BCUT2D eigenvalue weighted by Gasteiger charge is -2.39. The molecule has 28 heavy (non-hydrogen) atoms. The average molecular weight is 385 g/mol. The molecule has 2 aliphatic rings. The number of carbonyl (C=O) groups is 2. The summed E-state index contributed by atoms with van der Waals surface area (Å²) in [5, 5.41) is 10.3. The fraction of sp³-hybridized carbons (Fsp3) is 0.500. The Morgan fingerprint density at radius 3 is 2.64 bits per heavy atom. The van der Waals surface area contributed by atoms with E-state index in [1.807, 2.05) is 13.8 Å². The predicted molar refractivity (Wildman–Crippen MR) is 106 cm³/mol. The molecule has 2 atom stereocenters. The highest BCUT2D eigenvalue weighted by Gasteiger charge is 2.46. The summed E-state index contributed by atoms with van der Waals surface area (Å²) in [5.74, 6) is -1.34. The predicted octanol–water partition coefficient (Wildman–Crippen LogP) is 3.78. The van der Waals surface area contributed by atoms with E-state index in [9.17, 15) is 14.7 Å². The highest BCUT2D eigenvalue weighted by Crippen LogP contribution is 2.48. The van der Waals surface area contributed by atoms with Crippen molar-refractivity contribution in [1.82, 2.24) is 0 Å². The molecule has 0 bridgehead atoms. The van der Waals surface area contributed by atoms with Crippen molar-refractivity contribution in [2.75, 3.05) is 13.7 Å². The molecule has 1 aromatic rings. The molecule has 1 heterocycles. The van der Waals surface area contributed by atoms with Crippen molar-refractivity contribution in [2.45, 2.75) is 46.5 Å². The minimum absolute atomic E-state index is 0.00268. The first-order valence-corrected chi connectivity index (χ1v) is 9.53. The van der Waals surface area contributed by atoms with Crippen LogP contribution in [-0.4, -0.2) is 36.3 Å². The Hall–Kier alpha value is -2.63. The van der Waals surface area contributed by atoms with Crippen molar-refractivity contribution >= 4 is 17.5 Å². The Bertz CT molecular complexity index is 881. The molecular weight excluding hydrogens is 358 g/mol.